The van der Waals surface area contributed by atoms with Crippen LogP contribution in [0.1, 0.15) is 111 Å². The molecule has 0 saturated heterocycles. The molecule has 0 heterocycles. The van der Waals surface area contributed by atoms with E-state index in [-0.39, 0.29) is 32.6 Å². The highest BCUT2D eigenvalue weighted by Crippen LogP contribution is 2.24. The van der Waals surface area contributed by atoms with Crippen molar-refractivity contribution < 1.29 is 58.4 Å². The van der Waals surface area contributed by atoms with Crippen molar-refractivity contribution in [3.8, 4) is 6.07 Å². The van der Waals surface area contributed by atoms with Crippen LogP contribution in [-0.2, 0) is 45.7 Å². The maximum Gasteiger partial charge on any atom is 0.264 e. The summed E-state index contributed by atoms with van der Waals surface area (Å²) < 4.78 is 174. The van der Waals surface area contributed by atoms with Gasteiger partial charge >= 0.3 is 0 Å². The summed E-state index contributed by atoms with van der Waals surface area (Å²) >= 11 is 11.1. The predicted molar refractivity (Wildman–Crippen MR) is 274 cm³/mol. The van der Waals surface area contributed by atoms with Gasteiger partial charge in [0, 0.05) is 50.8 Å². The van der Waals surface area contributed by atoms with Crippen molar-refractivity contribution in [3.63, 3.8) is 0 Å². The van der Waals surface area contributed by atoms with Gasteiger partial charge in [0.1, 0.15) is 42.9 Å². The van der Waals surface area contributed by atoms with Crippen molar-refractivity contribution in [2.24, 2.45) is 11.5 Å². The molecule has 7 N–H and O–H groups in total. The van der Waals surface area contributed by atoms with Crippen molar-refractivity contribution in [3.05, 3.63) is 117 Å². The third-order valence-corrected chi connectivity index (χ3v) is 13.7. The second kappa shape index (κ2) is 30.0. The lowest BCUT2D eigenvalue weighted by Gasteiger charge is -2.20. The Kier molecular flexibility index (Phi) is 28.5. The lowest BCUT2D eigenvalue weighted by atomic mass is 10.1. The van der Waals surface area contributed by atoms with Gasteiger partial charge in [0.05, 0.1) is 20.2 Å². The molecule has 0 saturated carbocycles. The molecule has 4 aromatic carbocycles. The molecule has 0 radical (unpaired) electrons. The lowest BCUT2D eigenvalue weighted by molar-refractivity contribution is 0.484. The predicted octanol–water partition coefficient (Wildman–Crippen LogP) is 10.5. The third kappa shape index (κ3) is 31.0. The Labute approximate surface area is 435 Å². The van der Waals surface area contributed by atoms with E-state index in [0.29, 0.717) is 12.5 Å². The number of hydrogen-bond donors (Lipinski definition) is 5. The fourth-order valence-electron chi connectivity index (χ4n) is 4.38. The molecular formula is C45H66Cl3F5N6O8S4. The van der Waals surface area contributed by atoms with Gasteiger partial charge in [0.2, 0.25) is 30.1 Å². The van der Waals surface area contributed by atoms with Crippen LogP contribution in [0.2, 0.25) is 10.0 Å². The Hall–Kier alpha value is -3.51. The van der Waals surface area contributed by atoms with E-state index in [1.165, 1.54) is 30.3 Å². The molecule has 0 aromatic heterocycles. The summed E-state index contributed by atoms with van der Waals surface area (Å²) in [6.45, 7) is 23.4. The van der Waals surface area contributed by atoms with Crippen LogP contribution in [0.25, 0.3) is 0 Å². The fourth-order valence-corrected chi connectivity index (χ4v) is 10.4. The van der Waals surface area contributed by atoms with E-state index in [4.69, 9.17) is 53.4 Å². The molecule has 0 amide bonds. The van der Waals surface area contributed by atoms with Gasteiger partial charge in [-0.15, -0.1) is 0 Å². The van der Waals surface area contributed by atoms with E-state index in [0.717, 1.165) is 42.5 Å². The molecule has 4 aromatic rings. The van der Waals surface area contributed by atoms with E-state index < -0.39 is 101 Å². The van der Waals surface area contributed by atoms with Gasteiger partial charge in [-0.2, -0.15) is 5.26 Å². The Bertz CT molecular complexity index is 2870. The van der Waals surface area contributed by atoms with Gasteiger partial charge < -0.3 is 11.5 Å². The molecule has 0 fully saturated rings. The van der Waals surface area contributed by atoms with E-state index in [2.05, 4.69) is 14.2 Å². The normalized spacial score (nSPS) is 12.2. The van der Waals surface area contributed by atoms with E-state index >= 15 is 0 Å². The van der Waals surface area contributed by atoms with Crippen molar-refractivity contribution in [1.29, 1.82) is 5.26 Å². The number of nitrogens with two attached hydrogens (primary N) is 2. The smallest absolute Gasteiger partial charge is 0.264 e. The second-order valence-electron chi connectivity index (χ2n) is 18.2. The molecule has 0 atom stereocenters. The number of nitriles is 1. The Morgan fingerprint density at radius 3 is 1.13 bits per heavy atom. The molecule has 71 heavy (non-hydrogen) atoms. The highest BCUT2D eigenvalue weighted by molar-refractivity contribution is 8.13. The van der Waals surface area contributed by atoms with Crippen LogP contribution >= 0.6 is 33.9 Å². The molecule has 404 valence electrons. The van der Waals surface area contributed by atoms with Crippen molar-refractivity contribution in [1.82, 2.24) is 14.2 Å². The number of nitrogens with one attached hydrogen (secondary N) is 3. The molecule has 0 aliphatic heterocycles. The first-order valence-corrected chi connectivity index (χ1v) is 27.8. The summed E-state index contributed by atoms with van der Waals surface area (Å²) in [4.78, 5) is -1.91. The number of sulfonamides is 3. The van der Waals surface area contributed by atoms with Gasteiger partial charge in [0.15, 0.2) is 0 Å². The Balaban J connectivity index is -0.000000840. The molecule has 0 aliphatic carbocycles. The largest absolute Gasteiger partial charge is 0.326 e. The molecule has 0 bridgehead atoms. The first kappa shape index (κ1) is 67.5. The minimum absolute atomic E-state index is 0. The zero-order valence-corrected chi connectivity index (χ0v) is 47.1. The zero-order chi connectivity index (χ0) is 58.4. The van der Waals surface area contributed by atoms with E-state index in [9.17, 15) is 55.6 Å². The van der Waals surface area contributed by atoms with Crippen LogP contribution in [0.4, 0.5) is 22.0 Å². The standard InChI is InChI=1S/C11H17FN2O2S.C11H13FN2O2S.C10H13ClFNO2S.C6H3Cl2FO2S.C4H11N.C2H6.CH3F/c2*1-11(2,3)14-17(15,16)10-6-8(7-13)4-5-9(10)12;1-10(2,3)13-16(14,15)9-6-7(11)4-5-8(9)12;7-4-1-2-5(9)6(3-4)12(8,10)11;1-4(2,3)5;2*1-2/h4-6,14H,7,13H2,1-3H3;4-6,14H,1-3H3;4-6,13H,1-3H3;1-3H;5H2,1-3H3;1-2H3;1H3/i;;;;;2*1D. The summed E-state index contributed by atoms with van der Waals surface area (Å²) in [6.07, 6.45) is 0. The quantitative estimate of drug-likeness (QED) is 0.0820. The van der Waals surface area contributed by atoms with Crippen LogP contribution in [0.5, 0.6) is 0 Å². The topological polar surface area (TPSA) is 248 Å². The summed E-state index contributed by atoms with van der Waals surface area (Å²) in [7, 11) is -11.8. The molecule has 0 unspecified atom stereocenters. The van der Waals surface area contributed by atoms with Crippen molar-refractivity contribution >= 4 is 73.0 Å². The number of nitrogens with zero attached hydrogens (tertiary/aromatic N) is 1. The number of rotatable bonds is 8. The Morgan fingerprint density at radius 1 is 0.577 bits per heavy atom. The van der Waals surface area contributed by atoms with Crippen molar-refractivity contribution in [2.75, 3.05) is 7.15 Å². The average Bonchev–Trinajstić information content (AvgIpc) is 3.17. The lowest BCUT2D eigenvalue weighted by Crippen LogP contribution is -2.40. The molecule has 4 rings (SSSR count). The van der Waals surface area contributed by atoms with Crippen LogP contribution in [-0.4, -0.2) is 63.0 Å². The van der Waals surface area contributed by atoms with Gasteiger partial charge in [-0.05, 0) is 155 Å². The number of hydrogen-bond acceptors (Lipinski definition) is 11. The van der Waals surface area contributed by atoms with Gasteiger partial charge in [-0.3, -0.25) is 4.39 Å². The number of halogens is 8. The van der Waals surface area contributed by atoms with Crippen LogP contribution in [0.3, 0.4) is 0 Å². The minimum Gasteiger partial charge on any atom is -0.326 e. The van der Waals surface area contributed by atoms with E-state index in [1.807, 2.05) is 20.8 Å². The highest BCUT2D eigenvalue weighted by Gasteiger charge is 2.27. The third-order valence-electron chi connectivity index (χ3n) is 6.53. The summed E-state index contributed by atoms with van der Waals surface area (Å²) in [5.74, 6) is -3.38. The second-order valence-corrected chi connectivity index (χ2v) is 26.6. The summed E-state index contributed by atoms with van der Waals surface area (Å²) in [5.41, 5.74) is 9.37. The number of benzene rings is 4. The average molecular weight is 1150 g/mol. The summed E-state index contributed by atoms with van der Waals surface area (Å²) in [6, 6.07) is 15.4. The monoisotopic (exact) mass is 1150 g/mol. The molecule has 0 aliphatic rings. The fraction of sp³-hybridized carbons (Fsp3) is 0.444. The van der Waals surface area contributed by atoms with Crippen LogP contribution < -0.4 is 25.6 Å². The maximum absolute atomic E-state index is 13.5. The highest BCUT2D eigenvalue weighted by atomic mass is 35.7. The number of alkyl halides is 1. The molecule has 14 nitrogen and oxygen atoms in total. The molecule has 26 heteroatoms. The van der Waals surface area contributed by atoms with Crippen LogP contribution in [0.15, 0.2) is 92.4 Å². The summed E-state index contributed by atoms with van der Waals surface area (Å²) in [5, 5.41) is 8.96. The van der Waals surface area contributed by atoms with Gasteiger partial charge in [0.25, 0.3) is 9.05 Å². The van der Waals surface area contributed by atoms with Gasteiger partial charge in [-0.25, -0.2) is 65.4 Å². The molecule has 0 spiro atoms. The van der Waals surface area contributed by atoms with E-state index in [1.54, 1.807) is 75.3 Å². The minimum atomic E-state index is -4.04. The van der Waals surface area contributed by atoms with Crippen molar-refractivity contribution in [2.45, 2.75) is 145 Å². The maximum atomic E-state index is 13.5. The zero-order valence-electron chi connectivity index (χ0n) is 43.6. The Morgan fingerprint density at radius 2 is 0.845 bits per heavy atom. The first-order valence-electron chi connectivity index (χ1n) is 21.7. The van der Waals surface area contributed by atoms with Crippen LogP contribution in [0, 0.1) is 34.6 Å². The molecular weight excluding hydrogens is 1080 g/mol. The van der Waals surface area contributed by atoms with Gasteiger partial charge in [-0.1, -0.05) is 43.1 Å². The SMILES string of the molecule is CC(C)(C)N.CC(C)(C)NS(=O)(=O)c1cc(C#N)ccc1F.CC(C)(C)NS(=O)(=O)c1cc(CN)ccc1F.CC(C)(C)NS(=O)(=O)c1cc(Cl)ccc1F.O=S(=O)(Cl)c1cc(Cl)ccc1F.[2H]CC.[2H]CF. The first-order chi connectivity index (χ1) is 32.7.